The normalized spacial score (nSPS) is 10.9. The molecule has 0 atom stereocenters. The molecule has 0 aliphatic heterocycles. The molecular weight excluding hydrogens is 478 g/mol. The smallest absolute Gasteiger partial charge is 0.263 e. The second-order valence-electron chi connectivity index (χ2n) is 7.97. The maximum absolute atomic E-state index is 13.2. The van der Waals surface area contributed by atoms with Crippen LogP contribution in [-0.4, -0.2) is 56.8 Å². The zero-order valence-electron chi connectivity index (χ0n) is 20.5. The van der Waals surface area contributed by atoms with Gasteiger partial charge in [-0.05, 0) is 31.2 Å². The van der Waals surface area contributed by atoms with Crippen molar-refractivity contribution in [3.63, 3.8) is 0 Å². The van der Waals surface area contributed by atoms with E-state index in [0.717, 1.165) is 5.69 Å². The first kappa shape index (κ1) is 23.6. The van der Waals surface area contributed by atoms with Gasteiger partial charge in [-0.2, -0.15) is 19.9 Å². The highest BCUT2D eigenvalue weighted by atomic mass is 16.5. The largest absolute Gasteiger partial charge is 0.493 e. The van der Waals surface area contributed by atoms with E-state index in [-0.39, 0.29) is 11.5 Å². The average molecular weight is 502 g/mol. The van der Waals surface area contributed by atoms with Crippen LogP contribution >= 0.6 is 0 Å². The van der Waals surface area contributed by atoms with Crippen molar-refractivity contribution < 1.29 is 19.0 Å². The van der Waals surface area contributed by atoms with Crippen LogP contribution in [0.15, 0.2) is 59.5 Å². The van der Waals surface area contributed by atoms with Gasteiger partial charge in [0, 0.05) is 11.6 Å². The van der Waals surface area contributed by atoms with E-state index < -0.39 is 11.5 Å². The van der Waals surface area contributed by atoms with E-state index in [4.69, 9.17) is 14.2 Å². The van der Waals surface area contributed by atoms with Crippen molar-refractivity contribution in [1.29, 1.82) is 0 Å². The monoisotopic (exact) mass is 501 g/mol. The molecule has 5 rings (SSSR count). The van der Waals surface area contributed by atoms with Crippen LogP contribution in [0.4, 0.5) is 5.82 Å². The van der Waals surface area contributed by atoms with Crippen molar-refractivity contribution in [2.24, 2.45) is 0 Å². The van der Waals surface area contributed by atoms with Crippen LogP contribution in [0, 0.1) is 6.92 Å². The Bertz CT molecular complexity index is 1650. The summed E-state index contributed by atoms with van der Waals surface area (Å²) in [5.74, 6) is 0.989. The molecule has 0 unspecified atom stereocenters. The second kappa shape index (κ2) is 9.49. The summed E-state index contributed by atoms with van der Waals surface area (Å²) in [5, 5.41) is 11.9. The van der Waals surface area contributed by atoms with E-state index in [1.54, 1.807) is 17.7 Å². The van der Waals surface area contributed by atoms with E-state index >= 15 is 0 Å². The van der Waals surface area contributed by atoms with Crippen molar-refractivity contribution in [3.05, 3.63) is 76.3 Å². The highest BCUT2D eigenvalue weighted by Gasteiger charge is 2.20. The predicted molar refractivity (Wildman–Crippen MR) is 135 cm³/mol. The molecule has 188 valence electrons. The molecule has 3 heterocycles. The van der Waals surface area contributed by atoms with Gasteiger partial charge in [0.1, 0.15) is 11.2 Å². The van der Waals surface area contributed by atoms with Crippen LogP contribution in [0.1, 0.15) is 16.1 Å². The van der Waals surface area contributed by atoms with Crippen LogP contribution < -0.4 is 25.1 Å². The molecule has 12 heteroatoms. The number of amides is 1. The average Bonchev–Trinajstić information content (AvgIpc) is 3.51. The van der Waals surface area contributed by atoms with Crippen LogP contribution in [0.3, 0.4) is 0 Å². The lowest BCUT2D eigenvalue weighted by Crippen LogP contribution is -2.19. The number of aryl methyl sites for hydroxylation is 1. The lowest BCUT2D eigenvalue weighted by atomic mass is 10.1. The fourth-order valence-electron chi connectivity index (χ4n) is 3.92. The molecule has 2 aromatic carbocycles. The van der Waals surface area contributed by atoms with E-state index in [1.807, 2.05) is 30.3 Å². The molecule has 0 radical (unpaired) electrons. The minimum atomic E-state index is -0.460. The molecule has 0 fully saturated rings. The molecule has 2 N–H and O–H groups in total. The van der Waals surface area contributed by atoms with Gasteiger partial charge >= 0.3 is 0 Å². The Morgan fingerprint density at radius 2 is 1.68 bits per heavy atom. The van der Waals surface area contributed by atoms with Crippen molar-refractivity contribution in [2.75, 3.05) is 26.6 Å². The third-order valence-corrected chi connectivity index (χ3v) is 5.63. The summed E-state index contributed by atoms with van der Waals surface area (Å²) in [6.07, 6.45) is 1.46. The summed E-state index contributed by atoms with van der Waals surface area (Å²) in [4.78, 5) is 33.4. The van der Waals surface area contributed by atoms with Crippen LogP contribution in [0.5, 0.6) is 17.2 Å². The fraction of sp³-hybridized carbons (Fsp3) is 0.160. The Hall–Kier alpha value is -5.13. The topological polar surface area (TPSA) is 138 Å². The summed E-state index contributed by atoms with van der Waals surface area (Å²) in [6.45, 7) is 1.76. The first-order chi connectivity index (χ1) is 17.9. The van der Waals surface area contributed by atoms with Crippen LogP contribution in [0.25, 0.3) is 22.7 Å². The number of nitrogens with one attached hydrogen (secondary N) is 2. The van der Waals surface area contributed by atoms with Crippen molar-refractivity contribution in [1.82, 2.24) is 29.5 Å². The van der Waals surface area contributed by atoms with Gasteiger partial charge in [0.25, 0.3) is 11.5 Å². The maximum atomic E-state index is 13.2. The van der Waals surface area contributed by atoms with E-state index in [0.29, 0.717) is 39.8 Å². The Balaban J connectivity index is 1.55. The molecule has 0 saturated carbocycles. The number of aromatic amines is 1. The van der Waals surface area contributed by atoms with Gasteiger partial charge in [-0.3, -0.25) is 14.6 Å². The number of aromatic nitrogens is 6. The number of nitrogens with zero attached hydrogens (tertiary/aromatic N) is 5. The van der Waals surface area contributed by atoms with E-state index in [1.165, 1.54) is 44.3 Å². The van der Waals surface area contributed by atoms with Gasteiger partial charge in [-0.1, -0.05) is 18.2 Å². The predicted octanol–water partition coefficient (Wildman–Crippen LogP) is 2.88. The van der Waals surface area contributed by atoms with Crippen molar-refractivity contribution in [2.45, 2.75) is 6.92 Å². The highest BCUT2D eigenvalue weighted by Crippen LogP contribution is 2.38. The number of hydrogen-bond acceptors (Lipinski definition) is 8. The van der Waals surface area contributed by atoms with Gasteiger partial charge in [0.2, 0.25) is 11.7 Å². The Morgan fingerprint density at radius 1 is 0.973 bits per heavy atom. The van der Waals surface area contributed by atoms with E-state index in [9.17, 15) is 9.59 Å². The summed E-state index contributed by atoms with van der Waals surface area (Å²) in [6, 6.07) is 14.1. The van der Waals surface area contributed by atoms with Gasteiger partial charge in [0.05, 0.1) is 38.9 Å². The lowest BCUT2D eigenvalue weighted by Gasteiger charge is -2.14. The quantitative estimate of drug-likeness (QED) is 0.347. The molecule has 0 spiro atoms. The number of H-pyrrole nitrogens is 1. The molecule has 37 heavy (non-hydrogen) atoms. The zero-order valence-corrected chi connectivity index (χ0v) is 20.5. The SMILES string of the molecule is COc1cc(C(=O)Nc2cc(C)nn2-c2nc3c(cnn3-c3ccccc3)c(=O)[nH]2)cc(OC)c1OC. The molecule has 12 nitrogen and oxygen atoms in total. The molecular formula is C25H23N7O5. The standard InChI is InChI=1S/C25H23N7O5/c1-14-10-20(27-23(33)15-11-18(35-2)21(37-4)19(12-15)36-3)32(30-14)25-28-22-17(24(34)29-25)13-26-31(22)16-8-6-5-7-9-16/h5-13H,1-4H3,(H,27,33)(H,28,29,34). The Morgan fingerprint density at radius 3 is 2.32 bits per heavy atom. The maximum Gasteiger partial charge on any atom is 0.263 e. The highest BCUT2D eigenvalue weighted by molar-refractivity contribution is 6.04. The second-order valence-corrected chi connectivity index (χ2v) is 7.97. The number of benzene rings is 2. The molecule has 0 aliphatic carbocycles. The number of methoxy groups -OCH3 is 3. The summed E-state index contributed by atoms with van der Waals surface area (Å²) in [5.41, 5.74) is 1.56. The zero-order chi connectivity index (χ0) is 26.1. The van der Waals surface area contributed by atoms with Crippen LogP contribution in [-0.2, 0) is 0 Å². The number of fused-ring (bicyclic) bond motifs is 1. The number of carbonyl (C=O) groups excluding carboxylic acids is 1. The molecule has 3 aromatic heterocycles. The molecule has 0 aliphatic rings. The number of ether oxygens (including phenoxy) is 3. The van der Waals surface area contributed by atoms with Crippen LogP contribution in [0.2, 0.25) is 0 Å². The number of anilines is 1. The van der Waals surface area contributed by atoms with Gasteiger partial charge < -0.3 is 19.5 Å². The summed E-state index contributed by atoms with van der Waals surface area (Å²) in [7, 11) is 4.42. The Kier molecular flexibility index (Phi) is 6.05. The first-order valence-corrected chi connectivity index (χ1v) is 11.2. The molecule has 0 saturated heterocycles. The van der Waals surface area contributed by atoms with E-state index in [2.05, 4.69) is 25.5 Å². The number of rotatable bonds is 7. The lowest BCUT2D eigenvalue weighted by molar-refractivity contribution is 0.102. The number of carbonyl (C=O) groups is 1. The number of hydrogen-bond donors (Lipinski definition) is 2. The summed E-state index contributed by atoms with van der Waals surface area (Å²) >= 11 is 0. The molecule has 5 aromatic rings. The third kappa shape index (κ3) is 4.24. The fourth-order valence-corrected chi connectivity index (χ4v) is 3.92. The van der Waals surface area contributed by atoms with Gasteiger partial charge in [-0.15, -0.1) is 0 Å². The minimum absolute atomic E-state index is 0.114. The van der Waals surface area contributed by atoms with Crippen molar-refractivity contribution >= 4 is 22.8 Å². The first-order valence-electron chi connectivity index (χ1n) is 11.2. The van der Waals surface area contributed by atoms with Gasteiger partial charge in [0.15, 0.2) is 17.1 Å². The third-order valence-electron chi connectivity index (χ3n) is 5.63. The number of para-hydroxylation sites is 1. The van der Waals surface area contributed by atoms with Crippen molar-refractivity contribution in [3.8, 4) is 28.9 Å². The summed E-state index contributed by atoms with van der Waals surface area (Å²) < 4.78 is 19.0. The molecule has 1 amide bonds. The Labute approximate surface area is 210 Å². The molecule has 0 bridgehead atoms. The minimum Gasteiger partial charge on any atom is -0.493 e. The van der Waals surface area contributed by atoms with Gasteiger partial charge in [-0.25, -0.2) is 4.68 Å².